The molecule has 1 fully saturated rings. The number of ether oxygens (including phenoxy) is 1. The summed E-state index contributed by atoms with van der Waals surface area (Å²) in [5, 5.41) is 7.21. The summed E-state index contributed by atoms with van der Waals surface area (Å²) in [5.41, 5.74) is 0.575. The molecule has 1 aromatic heterocycles. The fraction of sp³-hybridized carbons (Fsp3) is 0.600. The number of hydrogen-bond acceptors (Lipinski definition) is 4. The average Bonchev–Trinajstić information content (AvgIpc) is 2.85. The zero-order valence-electron chi connectivity index (χ0n) is 8.99. The summed E-state index contributed by atoms with van der Waals surface area (Å²) in [6.45, 7) is 1.67. The lowest BCUT2D eigenvalue weighted by Crippen LogP contribution is -2.21. The molecule has 0 saturated carbocycles. The van der Waals surface area contributed by atoms with Crippen molar-refractivity contribution in [2.24, 2.45) is 13.0 Å². The lowest BCUT2D eigenvalue weighted by molar-refractivity contribution is 0.0917. The van der Waals surface area contributed by atoms with E-state index in [4.69, 9.17) is 4.74 Å². The third-order valence-electron chi connectivity index (χ3n) is 2.79. The Balaban J connectivity index is 2.27. The van der Waals surface area contributed by atoms with Gasteiger partial charge in [0.25, 0.3) is 0 Å². The molecule has 2 rings (SSSR count). The molecule has 0 radical (unpaired) electrons. The van der Waals surface area contributed by atoms with Crippen molar-refractivity contribution in [3.8, 4) is 5.75 Å². The first kappa shape index (κ1) is 10.2. The van der Waals surface area contributed by atoms with Gasteiger partial charge in [0.05, 0.1) is 13.3 Å². The summed E-state index contributed by atoms with van der Waals surface area (Å²) < 4.78 is 6.71. The van der Waals surface area contributed by atoms with Gasteiger partial charge in [0.2, 0.25) is 0 Å². The molecule has 1 unspecified atom stereocenters. The number of carbonyl (C=O) groups excluding carboxylic acids is 1. The van der Waals surface area contributed by atoms with E-state index in [1.54, 1.807) is 25.0 Å². The van der Waals surface area contributed by atoms with Crippen molar-refractivity contribution in [2.45, 2.75) is 6.42 Å². The highest BCUT2D eigenvalue weighted by molar-refractivity contribution is 5.99. The lowest BCUT2D eigenvalue weighted by Gasteiger charge is -2.08. The maximum atomic E-state index is 12.1. The molecule has 1 atom stereocenters. The van der Waals surface area contributed by atoms with E-state index >= 15 is 0 Å². The maximum absolute atomic E-state index is 12.1. The number of aryl methyl sites for hydroxylation is 1. The molecule has 1 N–H and O–H groups in total. The van der Waals surface area contributed by atoms with Crippen molar-refractivity contribution in [3.63, 3.8) is 0 Å². The van der Waals surface area contributed by atoms with Crippen LogP contribution in [0.4, 0.5) is 0 Å². The summed E-state index contributed by atoms with van der Waals surface area (Å²) in [7, 11) is 3.32. The first-order valence-electron chi connectivity index (χ1n) is 5.05. The fourth-order valence-corrected chi connectivity index (χ4v) is 1.92. The first-order chi connectivity index (χ1) is 7.24. The number of nitrogens with zero attached hydrogens (tertiary/aromatic N) is 2. The predicted molar refractivity (Wildman–Crippen MR) is 55.1 cm³/mol. The molecule has 5 heteroatoms. The van der Waals surface area contributed by atoms with Gasteiger partial charge in [0.15, 0.2) is 11.5 Å². The van der Waals surface area contributed by atoms with Crippen LogP contribution in [0.25, 0.3) is 0 Å². The van der Waals surface area contributed by atoms with E-state index in [9.17, 15) is 4.79 Å². The minimum atomic E-state index is 0.0642. The number of Topliss-reactive ketones (excluding diaryl/α,β-unsaturated/α-hetero) is 1. The number of methoxy groups -OCH3 is 1. The Bertz CT molecular complexity index is 367. The number of ketones is 1. The molecule has 0 bridgehead atoms. The monoisotopic (exact) mass is 209 g/mol. The number of hydrogen-bond donors (Lipinski definition) is 1. The average molecular weight is 209 g/mol. The van der Waals surface area contributed by atoms with E-state index in [0.717, 1.165) is 19.5 Å². The zero-order valence-corrected chi connectivity index (χ0v) is 8.99. The smallest absolute Gasteiger partial charge is 0.189 e. The Hall–Kier alpha value is -1.36. The number of carbonyl (C=O) groups is 1. The largest absolute Gasteiger partial charge is 0.493 e. The molecule has 0 aromatic carbocycles. The van der Waals surface area contributed by atoms with Crippen LogP contribution in [-0.4, -0.2) is 35.8 Å². The van der Waals surface area contributed by atoms with Gasteiger partial charge in [-0.25, -0.2) is 0 Å². The summed E-state index contributed by atoms with van der Waals surface area (Å²) in [4.78, 5) is 12.1. The second kappa shape index (κ2) is 4.02. The van der Waals surface area contributed by atoms with Crippen LogP contribution in [-0.2, 0) is 7.05 Å². The van der Waals surface area contributed by atoms with Crippen LogP contribution < -0.4 is 10.1 Å². The Kier molecular flexibility index (Phi) is 2.73. The Morgan fingerprint density at radius 2 is 2.53 bits per heavy atom. The molecule has 82 valence electrons. The minimum Gasteiger partial charge on any atom is -0.493 e. The molecule has 15 heavy (non-hydrogen) atoms. The third-order valence-corrected chi connectivity index (χ3v) is 2.79. The van der Waals surface area contributed by atoms with Gasteiger partial charge in [-0.1, -0.05) is 0 Å². The van der Waals surface area contributed by atoms with Crippen LogP contribution in [0, 0.1) is 5.92 Å². The van der Waals surface area contributed by atoms with E-state index < -0.39 is 0 Å². The van der Waals surface area contributed by atoms with Crippen molar-refractivity contribution in [2.75, 3.05) is 20.2 Å². The maximum Gasteiger partial charge on any atom is 0.189 e. The number of rotatable bonds is 3. The highest BCUT2D eigenvalue weighted by atomic mass is 16.5. The Morgan fingerprint density at radius 3 is 3.13 bits per heavy atom. The SMILES string of the molecule is COc1cnn(C)c1C(=O)C1CCNC1. The molecule has 1 aliphatic rings. The van der Waals surface area contributed by atoms with Gasteiger partial charge in [-0.2, -0.15) is 5.10 Å². The van der Waals surface area contributed by atoms with Crippen molar-refractivity contribution >= 4 is 5.78 Å². The lowest BCUT2D eigenvalue weighted by atomic mass is 10.0. The van der Waals surface area contributed by atoms with Gasteiger partial charge >= 0.3 is 0 Å². The quantitative estimate of drug-likeness (QED) is 0.724. The Labute approximate surface area is 88.4 Å². The highest BCUT2D eigenvalue weighted by Gasteiger charge is 2.28. The molecular formula is C10H15N3O2. The van der Waals surface area contributed by atoms with Crippen LogP contribution >= 0.6 is 0 Å². The first-order valence-corrected chi connectivity index (χ1v) is 5.05. The second-order valence-electron chi connectivity index (χ2n) is 3.74. The highest BCUT2D eigenvalue weighted by Crippen LogP contribution is 2.22. The van der Waals surface area contributed by atoms with Crippen LogP contribution in [0.1, 0.15) is 16.9 Å². The second-order valence-corrected chi connectivity index (χ2v) is 3.74. The molecule has 0 aliphatic carbocycles. The summed E-state index contributed by atoms with van der Waals surface area (Å²) in [6, 6.07) is 0. The van der Waals surface area contributed by atoms with Crippen molar-refractivity contribution < 1.29 is 9.53 Å². The van der Waals surface area contributed by atoms with Crippen LogP contribution in [0.5, 0.6) is 5.75 Å². The van der Waals surface area contributed by atoms with Crippen molar-refractivity contribution in [3.05, 3.63) is 11.9 Å². The molecule has 1 saturated heterocycles. The van der Waals surface area contributed by atoms with E-state index in [0.29, 0.717) is 11.4 Å². The van der Waals surface area contributed by atoms with Gasteiger partial charge < -0.3 is 10.1 Å². The summed E-state index contributed by atoms with van der Waals surface area (Å²) in [5.74, 6) is 0.751. The zero-order chi connectivity index (χ0) is 10.8. The van der Waals surface area contributed by atoms with Gasteiger partial charge in [0.1, 0.15) is 5.69 Å². The normalized spacial score (nSPS) is 20.5. The molecule has 1 aromatic rings. The van der Waals surface area contributed by atoms with E-state index in [1.807, 2.05) is 0 Å². The van der Waals surface area contributed by atoms with Crippen molar-refractivity contribution in [1.82, 2.24) is 15.1 Å². The fourth-order valence-electron chi connectivity index (χ4n) is 1.92. The van der Waals surface area contributed by atoms with E-state index in [-0.39, 0.29) is 11.7 Å². The topological polar surface area (TPSA) is 56.2 Å². The number of nitrogens with one attached hydrogen (secondary N) is 1. The van der Waals surface area contributed by atoms with Crippen LogP contribution in [0.15, 0.2) is 6.20 Å². The Morgan fingerprint density at radius 1 is 1.73 bits per heavy atom. The third kappa shape index (κ3) is 1.74. The van der Waals surface area contributed by atoms with Gasteiger partial charge in [-0.15, -0.1) is 0 Å². The predicted octanol–water partition coefficient (Wildman–Crippen LogP) is 0.221. The molecule has 0 amide bonds. The molecule has 5 nitrogen and oxygen atoms in total. The summed E-state index contributed by atoms with van der Waals surface area (Å²) in [6.07, 6.45) is 2.47. The van der Waals surface area contributed by atoms with Gasteiger partial charge in [-0.05, 0) is 13.0 Å². The van der Waals surface area contributed by atoms with Crippen LogP contribution in [0.2, 0.25) is 0 Å². The molecule has 0 spiro atoms. The summed E-state index contributed by atoms with van der Waals surface area (Å²) >= 11 is 0. The standard InChI is InChI=1S/C10H15N3O2/c1-13-9(8(15-2)6-12-13)10(14)7-3-4-11-5-7/h6-7,11H,3-5H2,1-2H3. The van der Waals surface area contributed by atoms with Crippen molar-refractivity contribution in [1.29, 1.82) is 0 Å². The van der Waals surface area contributed by atoms with Gasteiger partial charge in [0, 0.05) is 19.5 Å². The molecular weight excluding hydrogens is 194 g/mol. The minimum absolute atomic E-state index is 0.0642. The van der Waals surface area contributed by atoms with Crippen LogP contribution in [0.3, 0.4) is 0 Å². The van der Waals surface area contributed by atoms with Gasteiger partial charge in [-0.3, -0.25) is 9.48 Å². The van der Waals surface area contributed by atoms with E-state index in [1.165, 1.54) is 0 Å². The molecule has 1 aliphatic heterocycles. The van der Waals surface area contributed by atoms with E-state index in [2.05, 4.69) is 10.4 Å². The molecule has 2 heterocycles. The number of aromatic nitrogens is 2.